The third-order valence-electron chi connectivity index (χ3n) is 3.05. The van der Waals surface area contributed by atoms with Crippen LogP contribution >= 0.6 is 0 Å². The molecule has 1 saturated carbocycles. The first-order chi connectivity index (χ1) is 8.74. The van der Waals surface area contributed by atoms with Crippen molar-refractivity contribution in [1.82, 2.24) is 20.8 Å². The summed E-state index contributed by atoms with van der Waals surface area (Å²) >= 11 is 0. The van der Waals surface area contributed by atoms with E-state index in [0.717, 1.165) is 12.8 Å². The van der Waals surface area contributed by atoms with E-state index in [0.29, 0.717) is 24.9 Å². The van der Waals surface area contributed by atoms with E-state index in [9.17, 15) is 4.79 Å². The zero-order valence-electron chi connectivity index (χ0n) is 10.3. The van der Waals surface area contributed by atoms with E-state index in [1.54, 1.807) is 0 Å². The van der Waals surface area contributed by atoms with Crippen molar-refractivity contribution < 1.29 is 9.32 Å². The highest BCUT2D eigenvalue weighted by Crippen LogP contribution is 2.17. The summed E-state index contributed by atoms with van der Waals surface area (Å²) in [6, 6.07) is 0.187. The van der Waals surface area contributed by atoms with Crippen molar-refractivity contribution in [3.63, 3.8) is 0 Å². The molecule has 0 atom stereocenters. The predicted molar refractivity (Wildman–Crippen MR) is 65.8 cm³/mol. The van der Waals surface area contributed by atoms with Crippen molar-refractivity contribution >= 4 is 12.0 Å². The smallest absolute Gasteiger partial charge is 0.315 e. The van der Waals surface area contributed by atoms with Gasteiger partial charge in [0, 0.05) is 19.0 Å². The van der Waals surface area contributed by atoms with E-state index in [1.165, 1.54) is 19.3 Å². The maximum Gasteiger partial charge on any atom is 0.315 e. The van der Waals surface area contributed by atoms with Gasteiger partial charge >= 0.3 is 6.03 Å². The van der Waals surface area contributed by atoms with Crippen molar-refractivity contribution in [2.24, 2.45) is 0 Å². The van der Waals surface area contributed by atoms with Gasteiger partial charge in [-0.1, -0.05) is 19.3 Å². The number of rotatable bonds is 4. The van der Waals surface area contributed by atoms with Crippen LogP contribution in [0.15, 0.2) is 4.52 Å². The lowest BCUT2D eigenvalue weighted by molar-refractivity contribution is 0.232. The molecule has 1 aromatic rings. The molecule has 0 saturated heterocycles. The highest BCUT2D eigenvalue weighted by molar-refractivity contribution is 5.74. The molecule has 1 aliphatic carbocycles. The zero-order valence-corrected chi connectivity index (χ0v) is 10.3. The molecule has 0 aromatic carbocycles. The van der Waals surface area contributed by atoms with E-state index < -0.39 is 0 Å². The second kappa shape index (κ2) is 6.23. The van der Waals surface area contributed by atoms with Gasteiger partial charge in [0.25, 0.3) is 5.95 Å². The Morgan fingerprint density at radius 1 is 1.39 bits per heavy atom. The van der Waals surface area contributed by atoms with Crippen LogP contribution in [0.5, 0.6) is 0 Å². The minimum Gasteiger partial charge on any atom is -0.365 e. The van der Waals surface area contributed by atoms with Crippen molar-refractivity contribution in [2.75, 3.05) is 12.3 Å². The Bertz CT molecular complexity index is 387. The predicted octanol–water partition coefficient (Wildman–Crippen LogP) is 0.826. The van der Waals surface area contributed by atoms with Gasteiger partial charge in [-0.15, -0.1) is 0 Å². The number of nitrogens with zero attached hydrogens (tertiary/aromatic N) is 2. The summed E-state index contributed by atoms with van der Waals surface area (Å²) in [6.07, 6.45) is 6.32. The van der Waals surface area contributed by atoms with Crippen molar-refractivity contribution in [3.05, 3.63) is 5.89 Å². The van der Waals surface area contributed by atoms with Crippen LogP contribution in [0.1, 0.15) is 38.0 Å². The molecule has 0 radical (unpaired) electrons. The number of hydrogen-bond acceptors (Lipinski definition) is 5. The maximum absolute atomic E-state index is 11.6. The van der Waals surface area contributed by atoms with E-state index >= 15 is 0 Å². The second-order valence-electron chi connectivity index (χ2n) is 4.53. The van der Waals surface area contributed by atoms with Gasteiger partial charge < -0.3 is 20.9 Å². The van der Waals surface area contributed by atoms with Crippen molar-refractivity contribution in [3.8, 4) is 0 Å². The molecule has 0 spiro atoms. The number of carbonyl (C=O) groups excluding carboxylic acids is 1. The first-order valence-electron chi connectivity index (χ1n) is 6.36. The molecular weight excluding hydrogens is 234 g/mol. The minimum atomic E-state index is -0.130. The number of urea groups is 1. The molecule has 1 heterocycles. The Morgan fingerprint density at radius 3 is 2.83 bits per heavy atom. The summed E-state index contributed by atoms with van der Waals surface area (Å²) in [7, 11) is 0. The first-order valence-corrected chi connectivity index (χ1v) is 6.36. The Kier molecular flexibility index (Phi) is 4.38. The summed E-state index contributed by atoms with van der Waals surface area (Å²) in [4.78, 5) is 15.4. The molecule has 2 rings (SSSR count). The lowest BCUT2D eigenvalue weighted by Gasteiger charge is -2.22. The number of hydrogen-bond donors (Lipinski definition) is 3. The quantitative estimate of drug-likeness (QED) is 0.736. The van der Waals surface area contributed by atoms with E-state index in [2.05, 4.69) is 20.8 Å². The average Bonchev–Trinajstić information content (AvgIpc) is 2.76. The average molecular weight is 253 g/mol. The van der Waals surface area contributed by atoms with Crippen LogP contribution in [-0.2, 0) is 6.42 Å². The second-order valence-corrected chi connectivity index (χ2v) is 4.53. The largest absolute Gasteiger partial charge is 0.365 e. The fourth-order valence-electron chi connectivity index (χ4n) is 2.14. The topological polar surface area (TPSA) is 106 Å². The molecule has 1 aromatic heterocycles. The van der Waals surface area contributed by atoms with Crippen molar-refractivity contribution in [1.29, 1.82) is 0 Å². The van der Waals surface area contributed by atoms with E-state index in [-0.39, 0.29) is 12.0 Å². The molecule has 100 valence electrons. The normalized spacial score (nSPS) is 16.4. The van der Waals surface area contributed by atoms with Gasteiger partial charge in [-0.25, -0.2) is 4.79 Å². The first kappa shape index (κ1) is 12.7. The van der Waals surface area contributed by atoms with Gasteiger partial charge in [0.1, 0.15) is 0 Å². The molecule has 0 aliphatic heterocycles. The molecule has 0 bridgehead atoms. The Morgan fingerprint density at radius 2 is 2.17 bits per heavy atom. The Labute approximate surface area is 105 Å². The van der Waals surface area contributed by atoms with Crippen LogP contribution in [0.2, 0.25) is 0 Å². The number of anilines is 1. The third kappa shape index (κ3) is 3.90. The minimum absolute atomic E-state index is 0.122. The Balaban J connectivity index is 1.62. The lowest BCUT2D eigenvalue weighted by atomic mass is 9.96. The van der Waals surface area contributed by atoms with Gasteiger partial charge in [-0.05, 0) is 18.0 Å². The molecule has 18 heavy (non-hydrogen) atoms. The number of carbonyl (C=O) groups is 1. The van der Waals surface area contributed by atoms with E-state index in [4.69, 9.17) is 10.3 Å². The molecule has 2 amide bonds. The SMILES string of the molecule is Nc1noc(CCNC(=O)NC2CCCCC2)n1. The molecule has 7 heteroatoms. The fourth-order valence-corrected chi connectivity index (χ4v) is 2.14. The maximum atomic E-state index is 11.6. The summed E-state index contributed by atoms with van der Waals surface area (Å²) in [6.45, 7) is 0.459. The third-order valence-corrected chi connectivity index (χ3v) is 3.05. The van der Waals surface area contributed by atoms with Gasteiger partial charge in [0.05, 0.1) is 0 Å². The van der Waals surface area contributed by atoms with Crippen LogP contribution in [0, 0.1) is 0 Å². The molecule has 1 aliphatic rings. The van der Waals surface area contributed by atoms with Gasteiger partial charge in [-0.3, -0.25) is 0 Å². The van der Waals surface area contributed by atoms with Crippen LogP contribution < -0.4 is 16.4 Å². The fraction of sp³-hybridized carbons (Fsp3) is 0.727. The summed E-state index contributed by atoms with van der Waals surface area (Å²) in [5, 5.41) is 9.21. The number of amides is 2. The molecular formula is C11H19N5O2. The molecule has 4 N–H and O–H groups in total. The summed E-state index contributed by atoms with van der Waals surface area (Å²) in [5.74, 6) is 0.558. The molecule has 1 fully saturated rings. The summed E-state index contributed by atoms with van der Waals surface area (Å²) < 4.78 is 4.84. The molecule has 0 unspecified atom stereocenters. The number of nitrogens with two attached hydrogens (primary N) is 1. The summed E-state index contributed by atoms with van der Waals surface area (Å²) in [5.41, 5.74) is 5.32. The molecule has 7 nitrogen and oxygen atoms in total. The number of nitrogens with one attached hydrogen (secondary N) is 2. The van der Waals surface area contributed by atoms with Crippen LogP contribution in [0.25, 0.3) is 0 Å². The number of aromatic nitrogens is 2. The highest BCUT2D eigenvalue weighted by Gasteiger charge is 2.15. The van der Waals surface area contributed by atoms with Gasteiger partial charge in [-0.2, -0.15) is 4.98 Å². The number of nitrogen functional groups attached to an aromatic ring is 1. The zero-order chi connectivity index (χ0) is 12.8. The Hall–Kier alpha value is -1.79. The van der Waals surface area contributed by atoms with Gasteiger partial charge in [0.2, 0.25) is 5.89 Å². The van der Waals surface area contributed by atoms with Crippen LogP contribution in [-0.4, -0.2) is 28.8 Å². The highest BCUT2D eigenvalue weighted by atomic mass is 16.5. The van der Waals surface area contributed by atoms with Crippen LogP contribution in [0.3, 0.4) is 0 Å². The van der Waals surface area contributed by atoms with Crippen LogP contribution in [0.4, 0.5) is 10.7 Å². The van der Waals surface area contributed by atoms with E-state index in [1.807, 2.05) is 0 Å². The van der Waals surface area contributed by atoms with Crippen molar-refractivity contribution in [2.45, 2.75) is 44.6 Å². The van der Waals surface area contributed by atoms with Gasteiger partial charge in [0.15, 0.2) is 0 Å². The monoisotopic (exact) mass is 253 g/mol. The standard InChI is InChI=1S/C11H19N5O2/c12-10-15-9(18-16-10)6-7-13-11(17)14-8-4-2-1-3-5-8/h8H,1-7H2,(H2,12,16)(H2,13,14,17). The lowest BCUT2D eigenvalue weighted by Crippen LogP contribution is -2.43.